The average Bonchev–Trinajstić information content (AvgIpc) is 3.15. The van der Waals surface area contributed by atoms with E-state index in [0.29, 0.717) is 28.7 Å². The third kappa shape index (κ3) is 3.74. The van der Waals surface area contributed by atoms with Gasteiger partial charge in [-0.05, 0) is 25.0 Å². The first kappa shape index (κ1) is 18.0. The molecule has 0 spiro atoms. The minimum absolute atomic E-state index is 0.0873. The van der Waals surface area contributed by atoms with Gasteiger partial charge in [0.15, 0.2) is 11.5 Å². The maximum absolute atomic E-state index is 12.5. The lowest BCUT2D eigenvalue weighted by Gasteiger charge is -2.17. The van der Waals surface area contributed by atoms with E-state index in [2.05, 4.69) is 15.5 Å². The molecule has 1 N–H and O–H groups in total. The van der Waals surface area contributed by atoms with Crippen LogP contribution in [0.4, 0.5) is 6.01 Å². The normalized spacial score (nSPS) is 14.7. The molecule has 140 valence electrons. The summed E-state index contributed by atoms with van der Waals surface area (Å²) in [6.45, 7) is 0. The van der Waals surface area contributed by atoms with Gasteiger partial charge in [0.05, 0.1) is 21.3 Å². The van der Waals surface area contributed by atoms with Crippen molar-refractivity contribution in [3.05, 3.63) is 23.6 Å². The molecule has 2 aromatic rings. The van der Waals surface area contributed by atoms with Gasteiger partial charge in [-0.2, -0.15) is 0 Å². The molecule has 26 heavy (non-hydrogen) atoms. The highest BCUT2D eigenvalue weighted by Gasteiger charge is 2.23. The molecule has 1 heterocycles. The molecule has 8 nitrogen and oxygen atoms in total. The highest BCUT2D eigenvalue weighted by molar-refractivity contribution is 6.04. The van der Waals surface area contributed by atoms with Gasteiger partial charge in [0, 0.05) is 11.5 Å². The fourth-order valence-corrected chi connectivity index (χ4v) is 3.18. The Morgan fingerprint density at radius 3 is 2.27 bits per heavy atom. The van der Waals surface area contributed by atoms with E-state index in [4.69, 9.17) is 18.6 Å². The van der Waals surface area contributed by atoms with Gasteiger partial charge in [0.1, 0.15) is 0 Å². The van der Waals surface area contributed by atoms with Gasteiger partial charge in [0.2, 0.25) is 11.6 Å². The van der Waals surface area contributed by atoms with Crippen molar-refractivity contribution in [2.24, 2.45) is 0 Å². The van der Waals surface area contributed by atoms with Crippen LogP contribution >= 0.6 is 0 Å². The summed E-state index contributed by atoms with van der Waals surface area (Å²) in [7, 11) is 4.49. The number of methoxy groups -OCH3 is 3. The zero-order valence-electron chi connectivity index (χ0n) is 15.2. The molecule has 1 fully saturated rings. The Hall–Kier alpha value is -2.77. The molecule has 1 aliphatic rings. The summed E-state index contributed by atoms with van der Waals surface area (Å²) in [4.78, 5) is 12.5. The Morgan fingerprint density at radius 2 is 1.69 bits per heavy atom. The molecular formula is C18H23N3O5. The predicted molar refractivity (Wildman–Crippen MR) is 94.2 cm³/mol. The van der Waals surface area contributed by atoms with Crippen molar-refractivity contribution in [2.75, 3.05) is 26.6 Å². The minimum atomic E-state index is -0.400. The van der Waals surface area contributed by atoms with Crippen LogP contribution in [0.3, 0.4) is 0 Å². The quantitative estimate of drug-likeness (QED) is 0.842. The maximum atomic E-state index is 12.5. The third-order valence-corrected chi connectivity index (χ3v) is 4.54. The highest BCUT2D eigenvalue weighted by Crippen LogP contribution is 2.38. The van der Waals surface area contributed by atoms with Crippen molar-refractivity contribution < 1.29 is 23.4 Å². The summed E-state index contributed by atoms with van der Waals surface area (Å²) in [5, 5.41) is 10.6. The fraction of sp³-hybridized carbons (Fsp3) is 0.500. The van der Waals surface area contributed by atoms with Crippen molar-refractivity contribution in [1.29, 1.82) is 0 Å². The van der Waals surface area contributed by atoms with Crippen LogP contribution in [0.5, 0.6) is 17.2 Å². The molecular weight excluding hydrogens is 338 g/mol. The first-order valence-electron chi connectivity index (χ1n) is 8.61. The number of nitrogens with zero attached hydrogens (tertiary/aromatic N) is 2. The van der Waals surface area contributed by atoms with E-state index >= 15 is 0 Å². The molecule has 0 unspecified atom stereocenters. The van der Waals surface area contributed by atoms with Gasteiger partial charge in [0.25, 0.3) is 5.91 Å². The van der Waals surface area contributed by atoms with Gasteiger partial charge in [-0.15, -0.1) is 5.10 Å². The topological polar surface area (TPSA) is 95.7 Å². The van der Waals surface area contributed by atoms with Crippen LogP contribution in [0.1, 0.15) is 54.3 Å². The van der Waals surface area contributed by atoms with E-state index in [1.807, 2.05) is 0 Å². The third-order valence-electron chi connectivity index (χ3n) is 4.54. The molecule has 0 bridgehead atoms. The number of hydrogen-bond donors (Lipinski definition) is 1. The SMILES string of the molecule is COc1cc(C(=O)Nc2nnc(C3CCCCC3)o2)cc(OC)c1OC. The maximum Gasteiger partial charge on any atom is 0.322 e. The number of nitrogens with one attached hydrogen (secondary N) is 1. The van der Waals surface area contributed by atoms with E-state index in [0.717, 1.165) is 12.8 Å². The Balaban J connectivity index is 1.76. The second kappa shape index (κ2) is 8.07. The van der Waals surface area contributed by atoms with Gasteiger partial charge >= 0.3 is 6.01 Å². The Bertz CT molecular complexity index is 743. The Labute approximate surface area is 151 Å². The number of carbonyl (C=O) groups excluding carboxylic acids is 1. The van der Waals surface area contributed by atoms with E-state index in [9.17, 15) is 4.79 Å². The molecule has 1 aromatic carbocycles. The summed E-state index contributed by atoms with van der Waals surface area (Å²) in [6, 6.07) is 3.22. The van der Waals surface area contributed by atoms with Crippen LogP contribution in [0.25, 0.3) is 0 Å². The summed E-state index contributed by atoms with van der Waals surface area (Å²) in [5.74, 6) is 1.68. The van der Waals surface area contributed by atoms with Gasteiger partial charge in [-0.1, -0.05) is 24.4 Å². The Kier molecular flexibility index (Phi) is 5.60. The van der Waals surface area contributed by atoms with Crippen LogP contribution < -0.4 is 19.5 Å². The number of anilines is 1. The Morgan fingerprint density at radius 1 is 1.04 bits per heavy atom. The number of ether oxygens (including phenoxy) is 3. The lowest BCUT2D eigenvalue weighted by Crippen LogP contribution is -2.13. The predicted octanol–water partition coefficient (Wildman–Crippen LogP) is 3.40. The zero-order valence-corrected chi connectivity index (χ0v) is 15.2. The minimum Gasteiger partial charge on any atom is -0.493 e. The van der Waals surface area contributed by atoms with Crippen LogP contribution in [0.2, 0.25) is 0 Å². The number of amides is 1. The lowest BCUT2D eigenvalue weighted by atomic mass is 9.89. The number of benzene rings is 1. The molecule has 8 heteroatoms. The summed E-state index contributed by atoms with van der Waals surface area (Å²) >= 11 is 0. The second-order valence-electron chi connectivity index (χ2n) is 6.15. The molecule has 1 aliphatic carbocycles. The van der Waals surface area contributed by atoms with Crippen molar-refractivity contribution >= 4 is 11.9 Å². The van der Waals surface area contributed by atoms with Gasteiger partial charge < -0.3 is 18.6 Å². The molecule has 0 aliphatic heterocycles. The van der Waals surface area contributed by atoms with Crippen molar-refractivity contribution in [1.82, 2.24) is 10.2 Å². The first-order chi connectivity index (χ1) is 12.7. The van der Waals surface area contributed by atoms with Crippen molar-refractivity contribution in [2.45, 2.75) is 38.0 Å². The second-order valence-corrected chi connectivity index (χ2v) is 6.15. The molecule has 1 saturated carbocycles. The summed E-state index contributed by atoms with van der Waals surface area (Å²) < 4.78 is 21.4. The molecule has 0 radical (unpaired) electrons. The van der Waals surface area contributed by atoms with E-state index < -0.39 is 5.91 Å². The van der Waals surface area contributed by atoms with E-state index in [1.165, 1.54) is 40.6 Å². The molecule has 0 atom stereocenters. The molecule has 1 aromatic heterocycles. The standard InChI is InChI=1S/C18H23N3O5/c1-23-13-9-12(10-14(24-2)15(13)25-3)16(22)19-18-21-20-17(26-18)11-7-5-4-6-8-11/h9-11H,4-8H2,1-3H3,(H,19,21,22). The molecule has 1 amide bonds. The van der Waals surface area contributed by atoms with Gasteiger partial charge in [-0.3, -0.25) is 10.1 Å². The number of hydrogen-bond acceptors (Lipinski definition) is 7. The van der Waals surface area contributed by atoms with Crippen LogP contribution in [-0.2, 0) is 0 Å². The number of aromatic nitrogens is 2. The van der Waals surface area contributed by atoms with E-state index in [-0.39, 0.29) is 11.9 Å². The smallest absolute Gasteiger partial charge is 0.322 e. The fourth-order valence-electron chi connectivity index (χ4n) is 3.18. The van der Waals surface area contributed by atoms with Crippen molar-refractivity contribution in [3.8, 4) is 17.2 Å². The zero-order chi connectivity index (χ0) is 18.5. The first-order valence-corrected chi connectivity index (χ1v) is 8.61. The van der Waals surface area contributed by atoms with E-state index in [1.54, 1.807) is 12.1 Å². The average molecular weight is 361 g/mol. The lowest BCUT2D eigenvalue weighted by molar-refractivity contribution is 0.102. The van der Waals surface area contributed by atoms with Gasteiger partial charge in [-0.25, -0.2) is 0 Å². The largest absolute Gasteiger partial charge is 0.493 e. The van der Waals surface area contributed by atoms with Crippen LogP contribution in [0, 0.1) is 0 Å². The summed E-state index contributed by atoms with van der Waals surface area (Å²) in [6.07, 6.45) is 5.67. The number of carbonyl (C=O) groups is 1. The van der Waals surface area contributed by atoms with Crippen molar-refractivity contribution in [3.63, 3.8) is 0 Å². The van der Waals surface area contributed by atoms with Crippen LogP contribution in [0.15, 0.2) is 16.5 Å². The van der Waals surface area contributed by atoms with Crippen LogP contribution in [-0.4, -0.2) is 37.4 Å². The molecule has 0 saturated heterocycles. The number of rotatable bonds is 6. The summed E-state index contributed by atoms with van der Waals surface area (Å²) in [5.41, 5.74) is 0.330. The molecule has 3 rings (SSSR count). The monoisotopic (exact) mass is 361 g/mol. The highest BCUT2D eigenvalue weighted by atomic mass is 16.5.